The summed E-state index contributed by atoms with van der Waals surface area (Å²) in [4.78, 5) is 13.2. The fourth-order valence-electron chi connectivity index (χ4n) is 1.90. The molecule has 0 aromatic carbocycles. The molecule has 3 aromatic rings. The van der Waals surface area contributed by atoms with Crippen LogP contribution in [0.25, 0.3) is 11.2 Å². The van der Waals surface area contributed by atoms with Crippen molar-refractivity contribution in [1.29, 1.82) is 0 Å². The highest BCUT2D eigenvalue weighted by atomic mass is 32.1. The van der Waals surface area contributed by atoms with E-state index in [2.05, 4.69) is 27.9 Å². The first-order valence-corrected chi connectivity index (χ1v) is 6.82. The summed E-state index contributed by atoms with van der Waals surface area (Å²) in [5.74, 6) is 0. The lowest BCUT2D eigenvalue weighted by Crippen LogP contribution is -2.00. The van der Waals surface area contributed by atoms with Crippen LogP contribution in [-0.4, -0.2) is 19.5 Å². The van der Waals surface area contributed by atoms with Crippen molar-refractivity contribution in [3.8, 4) is 0 Å². The fraction of sp³-hybridized carbons (Fsp3) is 0.250. The van der Waals surface area contributed by atoms with Crippen molar-refractivity contribution in [3.63, 3.8) is 0 Å². The van der Waals surface area contributed by atoms with E-state index < -0.39 is 0 Å². The topological polar surface area (TPSA) is 46.5 Å². The zero-order valence-corrected chi connectivity index (χ0v) is 11.7. The number of aromatic nitrogens is 4. The summed E-state index contributed by atoms with van der Waals surface area (Å²) in [7, 11) is 0. The van der Waals surface area contributed by atoms with Gasteiger partial charge in [0, 0.05) is 17.3 Å². The minimum absolute atomic E-state index is 0.674. The minimum atomic E-state index is 0.674. The molecule has 0 aliphatic carbocycles. The summed E-state index contributed by atoms with van der Waals surface area (Å²) in [5.41, 5.74) is 2.99. The number of hydrogen-bond donors (Lipinski definition) is 1. The molecule has 18 heavy (non-hydrogen) atoms. The molecule has 0 saturated heterocycles. The summed E-state index contributed by atoms with van der Waals surface area (Å²) < 4.78 is 2.68. The average Bonchev–Trinajstić information content (AvgIpc) is 2.84. The molecule has 1 N–H and O–H groups in total. The molecule has 0 saturated carbocycles. The van der Waals surface area contributed by atoms with Gasteiger partial charge in [0.25, 0.3) is 0 Å². The standard InChI is InChI=1S/C12H12N4S2/c1-7-3-9-11(14-4-7)16(12(17)15-9)6-10-13-5-8(2)18-10/h3-5H,6H2,1-2H3,(H,15,17). The number of thiazole rings is 1. The van der Waals surface area contributed by atoms with Gasteiger partial charge in [-0.15, -0.1) is 11.3 Å². The molecule has 0 unspecified atom stereocenters. The number of aromatic amines is 1. The summed E-state index contributed by atoms with van der Waals surface area (Å²) in [5, 5.41) is 1.05. The minimum Gasteiger partial charge on any atom is -0.329 e. The Morgan fingerprint density at radius 2 is 2.17 bits per heavy atom. The van der Waals surface area contributed by atoms with Crippen LogP contribution in [0.15, 0.2) is 18.5 Å². The van der Waals surface area contributed by atoms with E-state index in [1.807, 2.05) is 23.9 Å². The van der Waals surface area contributed by atoms with Gasteiger partial charge in [0.2, 0.25) is 0 Å². The molecule has 3 rings (SSSR count). The molecule has 6 heteroatoms. The Kier molecular flexibility index (Phi) is 2.76. The Labute approximate surface area is 113 Å². The number of imidazole rings is 1. The number of rotatable bonds is 2. The van der Waals surface area contributed by atoms with Crippen LogP contribution in [0.3, 0.4) is 0 Å². The zero-order chi connectivity index (χ0) is 12.7. The van der Waals surface area contributed by atoms with Gasteiger partial charge in [0.15, 0.2) is 10.4 Å². The first-order valence-electron chi connectivity index (χ1n) is 5.60. The number of aryl methyl sites for hydroxylation is 2. The van der Waals surface area contributed by atoms with Gasteiger partial charge in [-0.25, -0.2) is 9.97 Å². The molecule has 0 aliphatic rings. The van der Waals surface area contributed by atoms with Crippen LogP contribution in [0, 0.1) is 18.6 Å². The third kappa shape index (κ3) is 1.97. The number of pyridine rings is 1. The molecule has 0 spiro atoms. The van der Waals surface area contributed by atoms with Gasteiger partial charge in [-0.2, -0.15) is 0 Å². The Bertz CT molecular complexity index is 766. The predicted octanol–water partition coefficient (Wildman–Crippen LogP) is 3.22. The molecular formula is C12H12N4S2. The maximum atomic E-state index is 5.35. The average molecular weight is 276 g/mol. The van der Waals surface area contributed by atoms with E-state index in [1.165, 1.54) is 4.88 Å². The lowest BCUT2D eigenvalue weighted by molar-refractivity contribution is 0.793. The van der Waals surface area contributed by atoms with Crippen LogP contribution in [0.2, 0.25) is 0 Å². The van der Waals surface area contributed by atoms with Gasteiger partial charge in [0.1, 0.15) is 5.01 Å². The summed E-state index contributed by atoms with van der Waals surface area (Å²) >= 11 is 7.03. The smallest absolute Gasteiger partial charge is 0.179 e. The SMILES string of the molecule is Cc1cnc2c(c1)[nH]c(=S)n2Cc1ncc(C)s1. The van der Waals surface area contributed by atoms with E-state index in [-0.39, 0.29) is 0 Å². The maximum Gasteiger partial charge on any atom is 0.179 e. The highest BCUT2D eigenvalue weighted by Gasteiger charge is 2.08. The molecule has 92 valence electrons. The normalized spacial score (nSPS) is 11.2. The first kappa shape index (κ1) is 11.6. The molecule has 0 aliphatic heterocycles. The second kappa shape index (κ2) is 4.29. The van der Waals surface area contributed by atoms with Gasteiger partial charge in [-0.05, 0) is 37.7 Å². The highest BCUT2D eigenvalue weighted by Crippen LogP contribution is 2.17. The lowest BCUT2D eigenvalue weighted by atomic mass is 10.3. The maximum absolute atomic E-state index is 5.35. The van der Waals surface area contributed by atoms with Crippen LogP contribution in [-0.2, 0) is 6.54 Å². The van der Waals surface area contributed by atoms with E-state index in [1.54, 1.807) is 11.3 Å². The van der Waals surface area contributed by atoms with Crippen molar-refractivity contribution in [3.05, 3.63) is 38.7 Å². The van der Waals surface area contributed by atoms with Crippen molar-refractivity contribution in [2.24, 2.45) is 0 Å². The molecule has 0 amide bonds. The summed E-state index contributed by atoms with van der Waals surface area (Å²) in [6.07, 6.45) is 3.74. The quantitative estimate of drug-likeness (QED) is 0.731. The van der Waals surface area contributed by atoms with E-state index >= 15 is 0 Å². The fourth-order valence-corrected chi connectivity index (χ4v) is 2.94. The van der Waals surface area contributed by atoms with Crippen LogP contribution in [0.4, 0.5) is 0 Å². The molecule has 0 bridgehead atoms. The number of fused-ring (bicyclic) bond motifs is 1. The zero-order valence-electron chi connectivity index (χ0n) is 10.1. The second-order valence-electron chi connectivity index (χ2n) is 4.26. The third-order valence-electron chi connectivity index (χ3n) is 2.71. The Balaban J connectivity index is 2.11. The lowest BCUT2D eigenvalue weighted by Gasteiger charge is -2.00. The number of nitrogens with one attached hydrogen (secondary N) is 1. The summed E-state index contributed by atoms with van der Waals surface area (Å²) in [6, 6.07) is 2.06. The molecule has 3 aromatic heterocycles. The van der Waals surface area contributed by atoms with Crippen molar-refractivity contribution in [1.82, 2.24) is 19.5 Å². The Morgan fingerprint density at radius 3 is 2.89 bits per heavy atom. The van der Waals surface area contributed by atoms with Gasteiger partial charge in [0.05, 0.1) is 12.1 Å². The van der Waals surface area contributed by atoms with E-state index in [0.29, 0.717) is 11.3 Å². The molecule has 0 fully saturated rings. The van der Waals surface area contributed by atoms with E-state index in [0.717, 1.165) is 21.7 Å². The third-order valence-corrected chi connectivity index (χ3v) is 3.93. The van der Waals surface area contributed by atoms with Gasteiger partial charge >= 0.3 is 0 Å². The molecular weight excluding hydrogens is 264 g/mol. The van der Waals surface area contributed by atoms with Crippen LogP contribution < -0.4 is 0 Å². The number of H-pyrrole nitrogens is 1. The van der Waals surface area contributed by atoms with E-state index in [4.69, 9.17) is 12.2 Å². The summed E-state index contributed by atoms with van der Waals surface area (Å²) in [6.45, 7) is 4.75. The molecule has 4 nitrogen and oxygen atoms in total. The molecule has 0 atom stereocenters. The first-order chi connectivity index (χ1) is 8.63. The largest absolute Gasteiger partial charge is 0.329 e. The second-order valence-corrected chi connectivity index (χ2v) is 5.97. The van der Waals surface area contributed by atoms with Gasteiger partial charge in [-0.1, -0.05) is 0 Å². The van der Waals surface area contributed by atoms with Crippen LogP contribution in [0.1, 0.15) is 15.4 Å². The van der Waals surface area contributed by atoms with Crippen molar-refractivity contribution in [2.75, 3.05) is 0 Å². The highest BCUT2D eigenvalue weighted by molar-refractivity contribution is 7.71. The van der Waals surface area contributed by atoms with Gasteiger partial charge in [-0.3, -0.25) is 4.57 Å². The van der Waals surface area contributed by atoms with Crippen LogP contribution >= 0.6 is 23.6 Å². The molecule has 0 radical (unpaired) electrons. The number of nitrogens with zero attached hydrogens (tertiary/aromatic N) is 3. The van der Waals surface area contributed by atoms with Crippen molar-refractivity contribution >= 4 is 34.7 Å². The Hall–Kier alpha value is -1.53. The Morgan fingerprint density at radius 1 is 1.33 bits per heavy atom. The van der Waals surface area contributed by atoms with Crippen molar-refractivity contribution < 1.29 is 0 Å². The van der Waals surface area contributed by atoms with E-state index in [9.17, 15) is 0 Å². The molecule has 3 heterocycles. The predicted molar refractivity (Wildman–Crippen MR) is 75.6 cm³/mol. The van der Waals surface area contributed by atoms with Crippen LogP contribution in [0.5, 0.6) is 0 Å². The monoisotopic (exact) mass is 276 g/mol. The van der Waals surface area contributed by atoms with Crippen molar-refractivity contribution in [2.45, 2.75) is 20.4 Å². The number of hydrogen-bond acceptors (Lipinski definition) is 4. The van der Waals surface area contributed by atoms with Gasteiger partial charge < -0.3 is 4.98 Å².